The Morgan fingerprint density at radius 2 is 2.05 bits per heavy atom. The molecule has 2 rings (SSSR count). The van der Waals surface area contributed by atoms with Gasteiger partial charge in [-0.15, -0.1) is 0 Å². The van der Waals surface area contributed by atoms with E-state index < -0.39 is 0 Å². The standard InChI is InChI=1S/C14H18FN3O/c1-10-12(9-17-18(10)2)8-16-7-11-5-4-6-13(19-3)14(11)15/h4-6,9,16H,7-8H2,1-3H3. The van der Waals surface area contributed by atoms with Crippen molar-refractivity contribution in [2.24, 2.45) is 7.05 Å². The molecule has 0 aliphatic carbocycles. The van der Waals surface area contributed by atoms with Crippen LogP contribution in [0.25, 0.3) is 0 Å². The van der Waals surface area contributed by atoms with Crippen LogP contribution in [-0.4, -0.2) is 16.9 Å². The molecule has 0 aliphatic heterocycles. The van der Waals surface area contributed by atoms with E-state index in [0.717, 1.165) is 11.3 Å². The summed E-state index contributed by atoms with van der Waals surface area (Å²) in [6.45, 7) is 3.13. The fourth-order valence-corrected chi connectivity index (χ4v) is 1.90. The lowest BCUT2D eigenvalue weighted by Crippen LogP contribution is -2.14. The maximum atomic E-state index is 13.9. The third kappa shape index (κ3) is 2.93. The molecule has 0 bridgehead atoms. The van der Waals surface area contributed by atoms with Crippen molar-refractivity contribution in [3.05, 3.63) is 47.0 Å². The van der Waals surface area contributed by atoms with Crippen molar-refractivity contribution in [3.8, 4) is 5.75 Å². The van der Waals surface area contributed by atoms with Crippen LogP contribution in [0.15, 0.2) is 24.4 Å². The minimum atomic E-state index is -0.305. The molecule has 4 nitrogen and oxygen atoms in total. The van der Waals surface area contributed by atoms with Crippen molar-refractivity contribution in [1.82, 2.24) is 15.1 Å². The summed E-state index contributed by atoms with van der Waals surface area (Å²) in [5.41, 5.74) is 2.82. The molecule has 0 aliphatic rings. The van der Waals surface area contributed by atoms with Crippen LogP contribution in [0.2, 0.25) is 0 Å². The number of hydrogen-bond acceptors (Lipinski definition) is 3. The Labute approximate surface area is 112 Å². The first-order valence-corrected chi connectivity index (χ1v) is 6.13. The van der Waals surface area contributed by atoms with Crippen LogP contribution in [0.4, 0.5) is 4.39 Å². The molecule has 0 radical (unpaired) electrons. The van der Waals surface area contributed by atoms with Crippen molar-refractivity contribution in [2.45, 2.75) is 20.0 Å². The minimum Gasteiger partial charge on any atom is -0.494 e. The topological polar surface area (TPSA) is 39.1 Å². The summed E-state index contributed by atoms with van der Waals surface area (Å²) in [5.74, 6) is -0.0303. The zero-order valence-electron chi connectivity index (χ0n) is 11.4. The first kappa shape index (κ1) is 13.5. The van der Waals surface area contributed by atoms with E-state index in [9.17, 15) is 4.39 Å². The average molecular weight is 263 g/mol. The Bertz CT molecular complexity index is 566. The summed E-state index contributed by atoms with van der Waals surface area (Å²) in [5, 5.41) is 7.38. The van der Waals surface area contributed by atoms with Gasteiger partial charge in [0.25, 0.3) is 0 Å². The SMILES string of the molecule is COc1cccc(CNCc2cnn(C)c2C)c1F. The van der Waals surface area contributed by atoms with Crippen molar-refractivity contribution in [3.63, 3.8) is 0 Å². The van der Waals surface area contributed by atoms with Gasteiger partial charge in [0, 0.05) is 37.0 Å². The second kappa shape index (κ2) is 5.84. The predicted octanol–water partition coefficient (Wildman–Crippen LogP) is 2.17. The summed E-state index contributed by atoms with van der Waals surface area (Å²) in [6, 6.07) is 5.15. The average Bonchev–Trinajstić information content (AvgIpc) is 2.72. The molecule has 0 saturated carbocycles. The number of aromatic nitrogens is 2. The molecule has 102 valence electrons. The van der Waals surface area contributed by atoms with Gasteiger partial charge in [-0.2, -0.15) is 5.10 Å². The molecule has 0 amide bonds. The molecular weight excluding hydrogens is 245 g/mol. The van der Waals surface area contributed by atoms with E-state index in [0.29, 0.717) is 18.7 Å². The number of methoxy groups -OCH3 is 1. The van der Waals surface area contributed by atoms with Crippen molar-refractivity contribution in [1.29, 1.82) is 0 Å². The minimum absolute atomic E-state index is 0.275. The van der Waals surface area contributed by atoms with Gasteiger partial charge in [-0.05, 0) is 13.0 Å². The highest BCUT2D eigenvalue weighted by atomic mass is 19.1. The normalized spacial score (nSPS) is 10.7. The van der Waals surface area contributed by atoms with Gasteiger partial charge in [0.05, 0.1) is 13.3 Å². The zero-order valence-corrected chi connectivity index (χ0v) is 11.4. The highest BCUT2D eigenvalue weighted by Gasteiger charge is 2.08. The number of ether oxygens (including phenoxy) is 1. The molecule has 0 saturated heterocycles. The smallest absolute Gasteiger partial charge is 0.169 e. The van der Waals surface area contributed by atoms with Crippen LogP contribution in [0, 0.1) is 12.7 Å². The Morgan fingerprint density at radius 3 is 2.68 bits per heavy atom. The van der Waals surface area contributed by atoms with E-state index >= 15 is 0 Å². The highest BCUT2D eigenvalue weighted by molar-refractivity contribution is 5.31. The summed E-state index contributed by atoms with van der Waals surface area (Å²) in [6.07, 6.45) is 1.82. The molecule has 1 N–H and O–H groups in total. The first-order valence-electron chi connectivity index (χ1n) is 6.13. The highest BCUT2D eigenvalue weighted by Crippen LogP contribution is 2.19. The molecule has 0 atom stereocenters. The summed E-state index contributed by atoms with van der Waals surface area (Å²) in [7, 11) is 3.37. The van der Waals surface area contributed by atoms with Crippen LogP contribution in [0.5, 0.6) is 5.75 Å². The molecule has 1 aromatic carbocycles. The molecular formula is C14H18FN3O. The predicted molar refractivity (Wildman–Crippen MR) is 71.4 cm³/mol. The molecule has 1 heterocycles. The third-order valence-electron chi connectivity index (χ3n) is 3.23. The van der Waals surface area contributed by atoms with Gasteiger partial charge in [0.15, 0.2) is 11.6 Å². The molecule has 0 fully saturated rings. The maximum absolute atomic E-state index is 13.9. The Morgan fingerprint density at radius 1 is 1.32 bits per heavy atom. The van der Waals surface area contributed by atoms with E-state index in [2.05, 4.69) is 10.4 Å². The van der Waals surface area contributed by atoms with Gasteiger partial charge in [0.2, 0.25) is 0 Å². The van der Waals surface area contributed by atoms with E-state index in [1.165, 1.54) is 7.11 Å². The number of rotatable bonds is 5. The van der Waals surface area contributed by atoms with Crippen LogP contribution in [-0.2, 0) is 20.1 Å². The maximum Gasteiger partial charge on any atom is 0.169 e. The van der Waals surface area contributed by atoms with E-state index in [-0.39, 0.29) is 11.6 Å². The number of nitrogens with one attached hydrogen (secondary N) is 1. The van der Waals surface area contributed by atoms with E-state index in [1.54, 1.807) is 18.2 Å². The van der Waals surface area contributed by atoms with Gasteiger partial charge in [-0.1, -0.05) is 12.1 Å². The molecule has 5 heteroatoms. The number of benzene rings is 1. The number of hydrogen-bond donors (Lipinski definition) is 1. The van der Waals surface area contributed by atoms with Gasteiger partial charge in [-0.25, -0.2) is 4.39 Å². The summed E-state index contributed by atoms with van der Waals surface area (Å²) >= 11 is 0. The van der Waals surface area contributed by atoms with Crippen LogP contribution < -0.4 is 10.1 Å². The van der Waals surface area contributed by atoms with E-state index in [4.69, 9.17) is 4.74 Å². The number of halogens is 1. The third-order valence-corrected chi connectivity index (χ3v) is 3.23. The van der Waals surface area contributed by atoms with Gasteiger partial charge >= 0.3 is 0 Å². The zero-order chi connectivity index (χ0) is 13.8. The second-order valence-electron chi connectivity index (χ2n) is 4.42. The molecule has 2 aromatic rings. The van der Waals surface area contributed by atoms with Crippen LogP contribution in [0.1, 0.15) is 16.8 Å². The Balaban J connectivity index is 1.98. The fourth-order valence-electron chi connectivity index (χ4n) is 1.90. The quantitative estimate of drug-likeness (QED) is 0.898. The van der Waals surface area contributed by atoms with Crippen molar-refractivity contribution >= 4 is 0 Å². The number of nitrogens with zero attached hydrogens (tertiary/aromatic N) is 2. The lowest BCUT2D eigenvalue weighted by atomic mass is 10.2. The number of aryl methyl sites for hydroxylation is 1. The summed E-state index contributed by atoms with van der Waals surface area (Å²) in [4.78, 5) is 0. The van der Waals surface area contributed by atoms with Crippen LogP contribution in [0.3, 0.4) is 0 Å². The van der Waals surface area contributed by atoms with Gasteiger partial charge in [-0.3, -0.25) is 4.68 Å². The van der Waals surface area contributed by atoms with Crippen LogP contribution >= 0.6 is 0 Å². The Hall–Kier alpha value is -1.88. The van der Waals surface area contributed by atoms with Gasteiger partial charge < -0.3 is 10.1 Å². The summed E-state index contributed by atoms with van der Waals surface area (Å²) < 4.78 is 20.7. The largest absolute Gasteiger partial charge is 0.494 e. The lowest BCUT2D eigenvalue weighted by molar-refractivity contribution is 0.383. The first-order chi connectivity index (χ1) is 9.13. The second-order valence-corrected chi connectivity index (χ2v) is 4.42. The van der Waals surface area contributed by atoms with Crippen molar-refractivity contribution < 1.29 is 9.13 Å². The van der Waals surface area contributed by atoms with E-state index in [1.807, 2.05) is 24.9 Å². The molecule has 19 heavy (non-hydrogen) atoms. The van der Waals surface area contributed by atoms with Crippen molar-refractivity contribution in [2.75, 3.05) is 7.11 Å². The monoisotopic (exact) mass is 263 g/mol. The fraction of sp³-hybridized carbons (Fsp3) is 0.357. The molecule has 0 unspecified atom stereocenters. The Kier molecular flexibility index (Phi) is 4.16. The van der Waals surface area contributed by atoms with Gasteiger partial charge in [0.1, 0.15) is 0 Å². The molecule has 1 aromatic heterocycles. The molecule has 0 spiro atoms. The lowest BCUT2D eigenvalue weighted by Gasteiger charge is -2.08.